The number of primary amides is 1. The fourth-order valence-electron chi connectivity index (χ4n) is 2.93. The predicted molar refractivity (Wildman–Crippen MR) is 99.1 cm³/mol. The van der Waals surface area contributed by atoms with Gasteiger partial charge in [-0.1, -0.05) is 29.8 Å². The van der Waals surface area contributed by atoms with Crippen LogP contribution in [0.1, 0.15) is 22.3 Å². The molecule has 0 aromatic heterocycles. The number of nitrogens with two attached hydrogens (primary N) is 1. The van der Waals surface area contributed by atoms with E-state index in [1.165, 1.54) is 6.07 Å². The highest BCUT2D eigenvalue weighted by Crippen LogP contribution is 2.22. The maximum Gasteiger partial charge on any atom is 0.319 e. The predicted octanol–water partition coefficient (Wildman–Crippen LogP) is 2.02. The Morgan fingerprint density at radius 1 is 1.12 bits per heavy atom. The van der Waals surface area contributed by atoms with Crippen LogP contribution < -0.4 is 21.3 Å². The van der Waals surface area contributed by atoms with Crippen LogP contribution in [0.4, 0.5) is 16.2 Å². The van der Waals surface area contributed by atoms with Crippen LogP contribution in [0.3, 0.4) is 0 Å². The Morgan fingerprint density at radius 3 is 2.50 bits per heavy atom. The number of carbonyl (C=O) groups excluding carboxylic acids is 3. The van der Waals surface area contributed by atoms with E-state index in [2.05, 4.69) is 10.6 Å². The SMILES string of the molecule is Cc1ccc(N2CC(NC(=O)Nc3ccccc3C(N)=O)CC2=O)cc1. The molecule has 1 aliphatic heterocycles. The van der Waals surface area contributed by atoms with Gasteiger partial charge in [0, 0.05) is 18.7 Å². The first-order valence-corrected chi connectivity index (χ1v) is 8.27. The zero-order chi connectivity index (χ0) is 18.7. The van der Waals surface area contributed by atoms with Crippen molar-refractivity contribution in [3.05, 3.63) is 59.7 Å². The van der Waals surface area contributed by atoms with Crippen LogP contribution in [0.15, 0.2) is 48.5 Å². The molecule has 0 radical (unpaired) electrons. The minimum Gasteiger partial charge on any atom is -0.366 e. The summed E-state index contributed by atoms with van der Waals surface area (Å²) in [6.07, 6.45) is 0.221. The Bertz CT molecular complexity index is 848. The largest absolute Gasteiger partial charge is 0.366 e. The number of anilines is 2. The summed E-state index contributed by atoms with van der Waals surface area (Å²) in [5.41, 5.74) is 7.79. The number of hydrogen-bond acceptors (Lipinski definition) is 3. The third-order valence-corrected chi connectivity index (χ3v) is 4.25. The van der Waals surface area contributed by atoms with Crippen molar-refractivity contribution in [3.8, 4) is 0 Å². The highest BCUT2D eigenvalue weighted by atomic mass is 16.2. The molecule has 134 valence electrons. The molecule has 1 aliphatic rings. The van der Waals surface area contributed by atoms with Gasteiger partial charge in [-0.15, -0.1) is 0 Å². The fraction of sp³-hybridized carbons (Fsp3) is 0.211. The van der Waals surface area contributed by atoms with Crippen molar-refractivity contribution in [2.24, 2.45) is 5.73 Å². The van der Waals surface area contributed by atoms with E-state index in [1.807, 2.05) is 31.2 Å². The van der Waals surface area contributed by atoms with E-state index in [0.29, 0.717) is 12.2 Å². The summed E-state index contributed by atoms with van der Waals surface area (Å²) in [5.74, 6) is -0.667. The molecule has 7 nitrogen and oxygen atoms in total. The van der Waals surface area contributed by atoms with Gasteiger partial charge in [0.25, 0.3) is 5.91 Å². The number of rotatable bonds is 4. The molecular formula is C19H20N4O3. The molecule has 2 aromatic rings. The molecule has 1 saturated heterocycles. The average molecular weight is 352 g/mol. The third kappa shape index (κ3) is 3.83. The molecule has 1 unspecified atom stereocenters. The Hall–Kier alpha value is -3.35. The second kappa shape index (κ2) is 7.26. The maximum absolute atomic E-state index is 12.2. The van der Waals surface area contributed by atoms with Gasteiger partial charge in [0.2, 0.25) is 5.91 Å². The molecule has 7 heteroatoms. The number of hydrogen-bond donors (Lipinski definition) is 3. The Labute approximate surface area is 151 Å². The first-order chi connectivity index (χ1) is 12.4. The minimum absolute atomic E-state index is 0.0447. The highest BCUT2D eigenvalue weighted by molar-refractivity contribution is 6.03. The molecular weight excluding hydrogens is 332 g/mol. The van der Waals surface area contributed by atoms with Crippen LogP contribution in [0.2, 0.25) is 0 Å². The lowest BCUT2D eigenvalue weighted by molar-refractivity contribution is -0.117. The number of nitrogens with zero attached hydrogens (tertiary/aromatic N) is 1. The zero-order valence-corrected chi connectivity index (χ0v) is 14.4. The standard InChI is InChI=1S/C19H20N4O3/c1-12-6-8-14(9-7-12)23-11-13(10-17(23)24)21-19(26)22-16-5-3-2-4-15(16)18(20)25/h2-9,13H,10-11H2,1H3,(H2,20,25)(H2,21,22,26). The minimum atomic E-state index is -0.623. The van der Waals surface area contributed by atoms with E-state index in [4.69, 9.17) is 5.73 Å². The van der Waals surface area contributed by atoms with Crippen LogP contribution >= 0.6 is 0 Å². The van der Waals surface area contributed by atoms with E-state index >= 15 is 0 Å². The van der Waals surface area contributed by atoms with Gasteiger partial charge in [-0.25, -0.2) is 4.79 Å². The number of para-hydroxylation sites is 1. The normalized spacial score (nSPS) is 16.4. The van der Waals surface area contributed by atoms with Crippen molar-refractivity contribution in [3.63, 3.8) is 0 Å². The molecule has 1 atom stereocenters. The molecule has 26 heavy (non-hydrogen) atoms. The van der Waals surface area contributed by atoms with Crippen LogP contribution in [0.5, 0.6) is 0 Å². The molecule has 1 heterocycles. The Morgan fingerprint density at radius 2 is 1.81 bits per heavy atom. The second-order valence-corrected chi connectivity index (χ2v) is 6.25. The number of amides is 4. The quantitative estimate of drug-likeness (QED) is 0.784. The fourth-order valence-corrected chi connectivity index (χ4v) is 2.93. The molecule has 4 amide bonds. The van der Waals surface area contributed by atoms with Gasteiger partial charge < -0.3 is 21.3 Å². The second-order valence-electron chi connectivity index (χ2n) is 6.25. The van der Waals surface area contributed by atoms with Crippen molar-refractivity contribution < 1.29 is 14.4 Å². The van der Waals surface area contributed by atoms with E-state index in [-0.39, 0.29) is 23.9 Å². The third-order valence-electron chi connectivity index (χ3n) is 4.25. The molecule has 0 bridgehead atoms. The Kier molecular flexibility index (Phi) is 4.88. The van der Waals surface area contributed by atoms with Gasteiger partial charge >= 0.3 is 6.03 Å². The number of aryl methyl sites for hydroxylation is 1. The summed E-state index contributed by atoms with van der Waals surface area (Å²) in [6, 6.07) is 13.4. The number of urea groups is 1. The summed E-state index contributed by atoms with van der Waals surface area (Å²) in [7, 11) is 0. The van der Waals surface area contributed by atoms with E-state index < -0.39 is 11.9 Å². The van der Waals surface area contributed by atoms with Crippen LogP contribution in [-0.2, 0) is 4.79 Å². The van der Waals surface area contributed by atoms with Crippen molar-refractivity contribution in [1.82, 2.24) is 5.32 Å². The lowest BCUT2D eigenvalue weighted by Gasteiger charge is -2.18. The number of carbonyl (C=O) groups is 3. The van der Waals surface area contributed by atoms with Crippen molar-refractivity contribution in [1.29, 1.82) is 0 Å². The molecule has 3 rings (SSSR count). The van der Waals surface area contributed by atoms with Crippen LogP contribution in [-0.4, -0.2) is 30.4 Å². The van der Waals surface area contributed by atoms with E-state index in [0.717, 1.165) is 11.3 Å². The first-order valence-electron chi connectivity index (χ1n) is 8.27. The van der Waals surface area contributed by atoms with Gasteiger partial charge in [0.05, 0.1) is 17.3 Å². The monoisotopic (exact) mass is 352 g/mol. The summed E-state index contributed by atoms with van der Waals surface area (Å²) in [6.45, 7) is 2.38. The summed E-state index contributed by atoms with van der Waals surface area (Å²) in [5, 5.41) is 5.39. The number of nitrogens with one attached hydrogen (secondary N) is 2. The van der Waals surface area contributed by atoms with Crippen molar-refractivity contribution in [2.75, 3.05) is 16.8 Å². The summed E-state index contributed by atoms with van der Waals surface area (Å²) < 4.78 is 0. The van der Waals surface area contributed by atoms with Gasteiger partial charge in [-0.2, -0.15) is 0 Å². The maximum atomic E-state index is 12.2. The average Bonchev–Trinajstić information content (AvgIpc) is 2.96. The van der Waals surface area contributed by atoms with E-state index in [1.54, 1.807) is 23.1 Å². The van der Waals surface area contributed by atoms with Gasteiger partial charge in [-0.05, 0) is 31.2 Å². The van der Waals surface area contributed by atoms with Crippen LogP contribution in [0, 0.1) is 6.92 Å². The summed E-state index contributed by atoms with van der Waals surface area (Å²) >= 11 is 0. The zero-order valence-electron chi connectivity index (χ0n) is 14.4. The number of benzene rings is 2. The van der Waals surface area contributed by atoms with Gasteiger partial charge in [0.15, 0.2) is 0 Å². The smallest absolute Gasteiger partial charge is 0.319 e. The molecule has 4 N–H and O–H groups in total. The molecule has 0 spiro atoms. The van der Waals surface area contributed by atoms with Gasteiger partial charge in [-0.3, -0.25) is 9.59 Å². The van der Waals surface area contributed by atoms with Crippen LogP contribution in [0.25, 0.3) is 0 Å². The summed E-state index contributed by atoms with van der Waals surface area (Å²) in [4.78, 5) is 37.5. The topological polar surface area (TPSA) is 105 Å². The lowest BCUT2D eigenvalue weighted by atomic mass is 10.1. The highest BCUT2D eigenvalue weighted by Gasteiger charge is 2.31. The molecule has 1 fully saturated rings. The first kappa shape index (κ1) is 17.5. The van der Waals surface area contributed by atoms with Crippen molar-refractivity contribution in [2.45, 2.75) is 19.4 Å². The van der Waals surface area contributed by atoms with E-state index in [9.17, 15) is 14.4 Å². The van der Waals surface area contributed by atoms with Crippen molar-refractivity contribution >= 4 is 29.2 Å². The molecule has 2 aromatic carbocycles. The molecule has 0 aliphatic carbocycles. The van der Waals surface area contributed by atoms with Gasteiger partial charge in [0.1, 0.15) is 0 Å². The molecule has 0 saturated carbocycles. The lowest BCUT2D eigenvalue weighted by Crippen LogP contribution is -2.40. The Balaban J connectivity index is 1.63.